The van der Waals surface area contributed by atoms with Crippen molar-refractivity contribution in [1.82, 2.24) is 0 Å². The summed E-state index contributed by atoms with van der Waals surface area (Å²) >= 11 is 0. The largest absolute Gasteiger partial charge is 4.00 e. The molecule has 0 N–H and O–H groups in total. The van der Waals surface area contributed by atoms with Crippen LogP contribution < -0.4 is 0 Å². The van der Waals surface area contributed by atoms with Gasteiger partial charge in [-0.15, -0.1) is 0 Å². The normalized spacial score (nSPS) is 9.82. The molecule has 0 heterocycles. The van der Waals surface area contributed by atoms with Gasteiger partial charge in [0.05, 0.1) is 0 Å². The summed E-state index contributed by atoms with van der Waals surface area (Å²) in [6.45, 7) is 24.7. The molecular weight excluding hydrogens is 431 g/mol. The van der Waals surface area contributed by atoms with Crippen LogP contribution in [0.1, 0.15) is 101 Å². The molecule has 0 unspecified atom stereocenters. The van der Waals surface area contributed by atoms with E-state index in [0.29, 0.717) is 0 Å². The smallest absolute Gasteiger partial charge is 1.00 e. The van der Waals surface area contributed by atoms with E-state index in [0.717, 1.165) is 37.0 Å². The van der Waals surface area contributed by atoms with Gasteiger partial charge in [-0.3, -0.25) is 0 Å². The Bertz CT molecular complexity index is 127. The topological polar surface area (TPSA) is 0 Å². The zero-order chi connectivity index (χ0) is 17.1. The van der Waals surface area contributed by atoms with Crippen molar-refractivity contribution in [3.63, 3.8) is 0 Å². The minimum absolute atomic E-state index is 0. The summed E-state index contributed by atoms with van der Waals surface area (Å²) in [6.07, 6.45) is 11.2. The Morgan fingerprint density at radius 1 is 0.545 bits per heavy atom. The van der Waals surface area contributed by atoms with Crippen LogP contribution in [0.3, 0.4) is 0 Å². The fraction of sp³-hybridized carbons (Fsp3) is 0.857. The predicted molar refractivity (Wildman–Crippen MR) is 103 cm³/mol. The minimum Gasteiger partial charge on any atom is -1.00 e. The Hall–Kier alpha value is 0.870. The van der Waals surface area contributed by atoms with Gasteiger partial charge in [-0.2, -0.15) is 19.3 Å². The summed E-state index contributed by atoms with van der Waals surface area (Å²) in [5, 5.41) is 0. The third-order valence-corrected chi connectivity index (χ3v) is 3.09. The van der Waals surface area contributed by atoms with Crippen LogP contribution in [0.5, 0.6) is 0 Å². The van der Waals surface area contributed by atoms with Gasteiger partial charge in [-0.05, 0) is 17.8 Å². The van der Waals surface area contributed by atoms with E-state index < -0.39 is 0 Å². The SMILES string of the molecule is [CH2-]CCCC(C)C.[CH2-]CCCC(C)C.[CH2-]CCCC(C)C.[H-].[Hf+4]. The Kier molecular flexibility index (Phi) is 37.4. The van der Waals surface area contributed by atoms with Crippen LogP contribution in [0.15, 0.2) is 0 Å². The molecule has 0 aromatic heterocycles. The Morgan fingerprint density at radius 2 is 0.727 bits per heavy atom. The van der Waals surface area contributed by atoms with E-state index in [4.69, 9.17) is 0 Å². The van der Waals surface area contributed by atoms with Crippen molar-refractivity contribution >= 4 is 0 Å². The maximum absolute atomic E-state index is 3.76. The minimum atomic E-state index is 0. The van der Waals surface area contributed by atoms with Crippen molar-refractivity contribution in [1.29, 1.82) is 0 Å². The molecule has 0 aliphatic carbocycles. The quantitative estimate of drug-likeness (QED) is 0.233. The molecular formula is C21H46Hf. The first-order valence-corrected chi connectivity index (χ1v) is 9.19. The van der Waals surface area contributed by atoms with E-state index in [1.807, 2.05) is 0 Å². The van der Waals surface area contributed by atoms with Gasteiger partial charge in [0.2, 0.25) is 0 Å². The molecule has 0 radical (unpaired) electrons. The molecule has 0 amide bonds. The van der Waals surface area contributed by atoms with E-state index in [-0.39, 0.29) is 27.3 Å². The van der Waals surface area contributed by atoms with Crippen molar-refractivity contribution in [2.45, 2.75) is 99.3 Å². The van der Waals surface area contributed by atoms with E-state index in [1.54, 1.807) is 0 Å². The molecule has 1 heteroatoms. The Labute approximate surface area is 164 Å². The standard InChI is InChI=1S/3C7H15.Hf.H/c3*1-4-5-6-7(2)3;;/h3*7H,1,4-6H2,2-3H3;;/q3*-1;+4;-1. The van der Waals surface area contributed by atoms with Gasteiger partial charge in [0, 0.05) is 0 Å². The zero-order valence-electron chi connectivity index (χ0n) is 17.7. The summed E-state index contributed by atoms with van der Waals surface area (Å²) < 4.78 is 0. The average molecular weight is 477 g/mol. The molecule has 0 spiro atoms. The van der Waals surface area contributed by atoms with Gasteiger partial charge in [0.1, 0.15) is 0 Å². The van der Waals surface area contributed by atoms with Crippen molar-refractivity contribution < 1.29 is 27.3 Å². The first kappa shape index (κ1) is 30.7. The second-order valence-corrected chi connectivity index (χ2v) is 7.17. The van der Waals surface area contributed by atoms with Crippen molar-refractivity contribution in [3.05, 3.63) is 20.8 Å². The number of unbranched alkanes of at least 4 members (excludes halogenated alkanes) is 3. The number of rotatable bonds is 9. The summed E-state index contributed by atoms with van der Waals surface area (Å²) in [7, 11) is 0. The second-order valence-electron chi connectivity index (χ2n) is 7.17. The third-order valence-electron chi connectivity index (χ3n) is 3.09. The van der Waals surface area contributed by atoms with E-state index in [2.05, 4.69) is 62.3 Å². The van der Waals surface area contributed by atoms with Gasteiger partial charge in [0.25, 0.3) is 0 Å². The molecule has 0 aromatic carbocycles. The van der Waals surface area contributed by atoms with Crippen LogP contribution in [0.2, 0.25) is 0 Å². The molecule has 0 fully saturated rings. The molecule has 134 valence electrons. The monoisotopic (exact) mass is 478 g/mol. The molecule has 0 aliphatic rings. The third kappa shape index (κ3) is 49.7. The summed E-state index contributed by atoms with van der Waals surface area (Å²) in [5.41, 5.74) is 0. The summed E-state index contributed by atoms with van der Waals surface area (Å²) in [4.78, 5) is 0. The zero-order valence-corrected chi connectivity index (χ0v) is 20.3. The van der Waals surface area contributed by atoms with Crippen LogP contribution in [0.4, 0.5) is 0 Å². The van der Waals surface area contributed by atoms with Crippen LogP contribution in [0, 0.1) is 38.5 Å². The van der Waals surface area contributed by atoms with Crippen LogP contribution in [-0.2, 0) is 25.8 Å². The molecule has 0 aliphatic heterocycles. The number of hydrogen-bond donors (Lipinski definition) is 0. The van der Waals surface area contributed by atoms with Gasteiger partial charge >= 0.3 is 25.8 Å². The molecule has 0 saturated heterocycles. The van der Waals surface area contributed by atoms with Crippen molar-refractivity contribution in [2.24, 2.45) is 17.8 Å². The molecule has 0 bridgehead atoms. The predicted octanol–water partition coefficient (Wildman–Crippen LogP) is 8.05. The van der Waals surface area contributed by atoms with E-state index in [1.165, 1.54) is 38.5 Å². The van der Waals surface area contributed by atoms with Crippen LogP contribution in [0.25, 0.3) is 0 Å². The maximum atomic E-state index is 3.76. The molecule has 0 rings (SSSR count). The van der Waals surface area contributed by atoms with Crippen molar-refractivity contribution in [2.75, 3.05) is 0 Å². The molecule has 0 saturated carbocycles. The van der Waals surface area contributed by atoms with Gasteiger partial charge in [0.15, 0.2) is 0 Å². The second kappa shape index (κ2) is 26.8. The fourth-order valence-corrected chi connectivity index (χ4v) is 1.66. The molecule has 0 atom stereocenters. The first-order chi connectivity index (χ1) is 9.81. The van der Waals surface area contributed by atoms with Gasteiger partial charge in [-0.1, -0.05) is 80.1 Å². The van der Waals surface area contributed by atoms with Gasteiger partial charge in [-0.25, -0.2) is 0 Å². The molecule has 22 heavy (non-hydrogen) atoms. The summed E-state index contributed by atoms with van der Waals surface area (Å²) in [5.74, 6) is 2.59. The number of hydrogen-bond acceptors (Lipinski definition) is 0. The van der Waals surface area contributed by atoms with Crippen LogP contribution >= 0.6 is 0 Å². The van der Waals surface area contributed by atoms with E-state index in [9.17, 15) is 0 Å². The average Bonchev–Trinajstić information content (AvgIpc) is 2.41. The van der Waals surface area contributed by atoms with Gasteiger partial charge < -0.3 is 22.2 Å². The van der Waals surface area contributed by atoms with E-state index >= 15 is 0 Å². The first-order valence-electron chi connectivity index (χ1n) is 9.19. The van der Waals surface area contributed by atoms with Crippen molar-refractivity contribution in [3.8, 4) is 0 Å². The summed E-state index contributed by atoms with van der Waals surface area (Å²) in [6, 6.07) is 0. The molecule has 0 aromatic rings. The maximum Gasteiger partial charge on any atom is 4.00 e. The Morgan fingerprint density at radius 3 is 0.773 bits per heavy atom. The molecule has 0 nitrogen and oxygen atoms in total. The Balaban J connectivity index is -0.0000000675. The van der Waals surface area contributed by atoms with Crippen LogP contribution in [-0.4, -0.2) is 0 Å². The fourth-order valence-electron chi connectivity index (χ4n) is 1.66.